The number of nitrogens with one attached hydrogen (secondary N) is 1. The van der Waals surface area contributed by atoms with Crippen molar-refractivity contribution < 1.29 is 24.2 Å². The lowest BCUT2D eigenvalue weighted by molar-refractivity contribution is -0.143. The lowest BCUT2D eigenvalue weighted by Gasteiger charge is -2.09. The van der Waals surface area contributed by atoms with Gasteiger partial charge < -0.3 is 15.2 Å². The summed E-state index contributed by atoms with van der Waals surface area (Å²) in [6.07, 6.45) is 1.33. The van der Waals surface area contributed by atoms with Crippen molar-refractivity contribution in [2.24, 2.45) is 0 Å². The second kappa shape index (κ2) is 6.25. The minimum Gasteiger partial charge on any atom is -0.505 e. The normalized spacial score (nSPS) is 16.1. The van der Waals surface area contributed by atoms with Crippen molar-refractivity contribution in [1.29, 1.82) is 0 Å². The molecule has 9 heteroatoms. The van der Waals surface area contributed by atoms with E-state index in [1.807, 2.05) is 0 Å². The van der Waals surface area contributed by atoms with Crippen LogP contribution in [-0.2, 0) is 14.3 Å². The molecular formula is C13H10Cl2N2O5. The summed E-state index contributed by atoms with van der Waals surface area (Å²) in [4.78, 5) is 35.6. The van der Waals surface area contributed by atoms with Gasteiger partial charge in [0.05, 0.1) is 17.2 Å². The third-order valence-electron chi connectivity index (χ3n) is 2.83. The molecule has 0 radical (unpaired) electrons. The van der Waals surface area contributed by atoms with Crippen molar-refractivity contribution >= 4 is 47.2 Å². The summed E-state index contributed by atoms with van der Waals surface area (Å²) in [6.45, 7) is -0.490. The molecule has 0 bridgehead atoms. The number of esters is 1. The second-order valence-corrected chi connectivity index (χ2v) is 5.10. The van der Waals surface area contributed by atoms with Gasteiger partial charge in [0.2, 0.25) is 0 Å². The van der Waals surface area contributed by atoms with E-state index in [0.29, 0.717) is 10.5 Å². The number of rotatable bonds is 3. The second-order valence-electron chi connectivity index (χ2n) is 4.29. The Kier molecular flexibility index (Phi) is 4.58. The average molecular weight is 345 g/mol. The molecule has 1 aliphatic heterocycles. The summed E-state index contributed by atoms with van der Waals surface area (Å²) in [7, 11) is 1.15. The van der Waals surface area contributed by atoms with Crippen LogP contribution in [0, 0.1) is 0 Å². The van der Waals surface area contributed by atoms with Crippen molar-refractivity contribution in [2.45, 2.75) is 0 Å². The number of carbonyl (C=O) groups excluding carboxylic acids is 3. The summed E-state index contributed by atoms with van der Waals surface area (Å²) >= 11 is 11.6. The summed E-state index contributed by atoms with van der Waals surface area (Å²) in [6, 6.07) is 2.01. The number of hydrogen-bond donors (Lipinski definition) is 2. The zero-order chi connectivity index (χ0) is 16.4. The molecule has 1 aliphatic rings. The van der Waals surface area contributed by atoms with Gasteiger partial charge in [-0.05, 0) is 23.8 Å². The molecule has 1 aromatic rings. The highest BCUT2D eigenvalue weighted by molar-refractivity contribution is 6.37. The predicted molar refractivity (Wildman–Crippen MR) is 78.4 cm³/mol. The van der Waals surface area contributed by atoms with Crippen LogP contribution in [0.3, 0.4) is 0 Å². The number of urea groups is 1. The number of halogens is 2. The van der Waals surface area contributed by atoms with Gasteiger partial charge in [0.15, 0.2) is 5.75 Å². The number of carbonyl (C=O) groups is 3. The van der Waals surface area contributed by atoms with Gasteiger partial charge in [0.1, 0.15) is 12.2 Å². The fourth-order valence-corrected chi connectivity index (χ4v) is 2.25. The fraction of sp³-hybridized carbons (Fsp3) is 0.154. The standard InChI is InChI=1S/C13H10Cl2N2O5/c1-22-10(18)5-17-12(20)9(16-13(17)21)4-6-2-7(14)11(19)8(15)3-6/h2-4,19H,5H2,1H3,(H,16,21)/b9-4+. The summed E-state index contributed by atoms with van der Waals surface area (Å²) in [5, 5.41) is 11.8. The van der Waals surface area contributed by atoms with E-state index in [1.165, 1.54) is 18.2 Å². The zero-order valence-electron chi connectivity index (χ0n) is 11.2. The number of phenols is 1. The van der Waals surface area contributed by atoms with Crippen LogP contribution in [0.25, 0.3) is 6.08 Å². The lowest BCUT2D eigenvalue weighted by atomic mass is 10.2. The number of nitrogens with zero attached hydrogens (tertiary/aromatic N) is 1. The molecule has 1 heterocycles. The predicted octanol–water partition coefficient (Wildman–Crippen LogP) is 1.76. The van der Waals surface area contributed by atoms with Gasteiger partial charge in [0.25, 0.3) is 5.91 Å². The van der Waals surface area contributed by atoms with Crippen LogP contribution in [-0.4, -0.2) is 41.6 Å². The van der Waals surface area contributed by atoms with Crippen molar-refractivity contribution in [3.05, 3.63) is 33.4 Å². The number of methoxy groups -OCH3 is 1. The fourth-order valence-electron chi connectivity index (χ4n) is 1.74. The zero-order valence-corrected chi connectivity index (χ0v) is 12.7. The molecule has 0 saturated carbocycles. The van der Waals surface area contributed by atoms with Gasteiger partial charge in [-0.2, -0.15) is 0 Å². The number of ether oxygens (including phenoxy) is 1. The van der Waals surface area contributed by atoms with Gasteiger partial charge in [-0.3, -0.25) is 9.59 Å². The molecule has 1 aromatic carbocycles. The van der Waals surface area contributed by atoms with Crippen LogP contribution in [0.5, 0.6) is 5.75 Å². The van der Waals surface area contributed by atoms with Gasteiger partial charge in [0, 0.05) is 0 Å². The Morgan fingerprint density at radius 3 is 2.50 bits per heavy atom. The molecule has 1 fully saturated rings. The SMILES string of the molecule is COC(=O)CN1C(=O)N/C(=C/c2cc(Cl)c(O)c(Cl)c2)C1=O. The first kappa shape index (κ1) is 16.1. The van der Waals surface area contributed by atoms with Crippen LogP contribution < -0.4 is 5.32 Å². The van der Waals surface area contributed by atoms with Crippen LogP contribution in [0.2, 0.25) is 10.0 Å². The minimum atomic E-state index is -0.738. The quantitative estimate of drug-likeness (QED) is 0.494. The van der Waals surface area contributed by atoms with Crippen molar-refractivity contribution in [3.63, 3.8) is 0 Å². The molecule has 0 aliphatic carbocycles. The van der Waals surface area contributed by atoms with E-state index in [2.05, 4.69) is 10.1 Å². The van der Waals surface area contributed by atoms with Crippen LogP contribution in [0.15, 0.2) is 17.8 Å². The number of amides is 3. The monoisotopic (exact) mass is 344 g/mol. The number of aromatic hydroxyl groups is 1. The summed E-state index contributed by atoms with van der Waals surface area (Å²) < 4.78 is 4.41. The summed E-state index contributed by atoms with van der Waals surface area (Å²) in [5.74, 6) is -1.68. The molecule has 22 heavy (non-hydrogen) atoms. The topological polar surface area (TPSA) is 95.9 Å². The molecule has 3 amide bonds. The van der Waals surface area contributed by atoms with Gasteiger partial charge in [-0.1, -0.05) is 23.2 Å². The molecule has 2 N–H and O–H groups in total. The molecular weight excluding hydrogens is 335 g/mol. The van der Waals surface area contributed by atoms with Crippen LogP contribution in [0.1, 0.15) is 5.56 Å². The number of phenolic OH excluding ortho intramolecular Hbond substituents is 1. The number of imide groups is 1. The van der Waals surface area contributed by atoms with Crippen LogP contribution in [0.4, 0.5) is 4.79 Å². The largest absolute Gasteiger partial charge is 0.505 e. The number of hydrogen-bond acceptors (Lipinski definition) is 5. The van der Waals surface area contributed by atoms with E-state index < -0.39 is 24.5 Å². The van der Waals surface area contributed by atoms with E-state index in [-0.39, 0.29) is 21.5 Å². The van der Waals surface area contributed by atoms with E-state index in [1.54, 1.807) is 0 Å². The Bertz CT molecular complexity index is 679. The maximum Gasteiger partial charge on any atom is 0.329 e. The molecule has 7 nitrogen and oxygen atoms in total. The van der Waals surface area contributed by atoms with Gasteiger partial charge in [-0.25, -0.2) is 9.69 Å². The van der Waals surface area contributed by atoms with E-state index in [4.69, 9.17) is 23.2 Å². The first-order chi connectivity index (χ1) is 10.3. The third-order valence-corrected chi connectivity index (χ3v) is 3.40. The minimum absolute atomic E-state index is 0.00235. The Morgan fingerprint density at radius 2 is 1.95 bits per heavy atom. The van der Waals surface area contributed by atoms with E-state index in [0.717, 1.165) is 7.11 Å². The van der Waals surface area contributed by atoms with Crippen molar-refractivity contribution in [3.8, 4) is 5.75 Å². The Morgan fingerprint density at radius 1 is 1.36 bits per heavy atom. The molecule has 1 saturated heterocycles. The van der Waals surface area contributed by atoms with Crippen LogP contribution >= 0.6 is 23.2 Å². The third kappa shape index (κ3) is 3.15. The molecule has 116 valence electrons. The Balaban J connectivity index is 2.28. The van der Waals surface area contributed by atoms with Crippen molar-refractivity contribution in [1.82, 2.24) is 10.2 Å². The maximum atomic E-state index is 12.1. The van der Waals surface area contributed by atoms with Crippen molar-refractivity contribution in [2.75, 3.05) is 13.7 Å². The van der Waals surface area contributed by atoms with E-state index >= 15 is 0 Å². The molecule has 0 atom stereocenters. The Labute approximate surface area is 135 Å². The maximum absolute atomic E-state index is 12.1. The highest BCUT2D eigenvalue weighted by atomic mass is 35.5. The summed E-state index contributed by atoms with van der Waals surface area (Å²) in [5.41, 5.74) is 0.350. The first-order valence-electron chi connectivity index (χ1n) is 5.93. The average Bonchev–Trinajstić information content (AvgIpc) is 2.72. The van der Waals surface area contributed by atoms with Gasteiger partial charge >= 0.3 is 12.0 Å². The van der Waals surface area contributed by atoms with E-state index in [9.17, 15) is 19.5 Å². The number of benzene rings is 1. The molecule has 2 rings (SSSR count). The molecule has 0 unspecified atom stereocenters. The smallest absolute Gasteiger partial charge is 0.329 e. The highest BCUT2D eigenvalue weighted by Crippen LogP contribution is 2.33. The molecule has 0 aromatic heterocycles. The Hall–Kier alpha value is -2.25. The molecule has 0 spiro atoms. The first-order valence-corrected chi connectivity index (χ1v) is 6.68. The van der Waals surface area contributed by atoms with Gasteiger partial charge in [-0.15, -0.1) is 0 Å². The highest BCUT2D eigenvalue weighted by Gasteiger charge is 2.35. The lowest BCUT2D eigenvalue weighted by Crippen LogP contribution is -2.36.